The van der Waals surface area contributed by atoms with E-state index in [1.807, 2.05) is 48.5 Å². The van der Waals surface area contributed by atoms with Gasteiger partial charge in [-0.05, 0) is 46.5 Å². The lowest BCUT2D eigenvalue weighted by molar-refractivity contribution is -0.384. The van der Waals surface area contributed by atoms with Crippen LogP contribution >= 0.6 is 15.9 Å². The van der Waals surface area contributed by atoms with Crippen molar-refractivity contribution in [3.63, 3.8) is 0 Å². The second-order valence-electron chi connectivity index (χ2n) is 10.6. The van der Waals surface area contributed by atoms with Crippen LogP contribution in [-0.2, 0) is 15.0 Å². The summed E-state index contributed by atoms with van der Waals surface area (Å²) < 4.78 is 0.583. The van der Waals surface area contributed by atoms with Gasteiger partial charge in [0.2, 0.25) is 11.8 Å². The van der Waals surface area contributed by atoms with E-state index in [1.54, 1.807) is 12.1 Å². The average Bonchev–Trinajstić information content (AvgIpc) is 3.28. The number of hydrogen-bond acceptors (Lipinski definition) is 7. The predicted octanol–water partition coefficient (Wildman–Crippen LogP) is 5.03. The van der Waals surface area contributed by atoms with Crippen LogP contribution in [0.5, 0.6) is 5.75 Å². The number of nitro benzene ring substituents is 1. The first-order valence-electron chi connectivity index (χ1n) is 13.4. The fraction of sp³-hybridized carbons (Fsp3) is 0.125. The van der Waals surface area contributed by atoms with E-state index < -0.39 is 45.8 Å². The first kappa shape index (κ1) is 26.7. The number of hydrazone groups is 1. The van der Waals surface area contributed by atoms with Crippen LogP contribution in [-0.4, -0.2) is 34.0 Å². The fourth-order valence-electron chi connectivity index (χ4n) is 7.04. The van der Waals surface area contributed by atoms with Crippen LogP contribution in [0.4, 0.5) is 11.4 Å². The molecule has 0 unspecified atom stereocenters. The molecule has 3 aliphatic carbocycles. The van der Waals surface area contributed by atoms with Gasteiger partial charge in [0.15, 0.2) is 0 Å². The molecule has 0 aromatic heterocycles. The van der Waals surface area contributed by atoms with Gasteiger partial charge in [-0.15, -0.1) is 0 Å². The summed E-state index contributed by atoms with van der Waals surface area (Å²) in [5.41, 5.74) is 3.94. The Morgan fingerprint density at radius 1 is 0.953 bits per heavy atom. The monoisotopic (exact) mass is 636 g/mol. The van der Waals surface area contributed by atoms with Crippen LogP contribution in [0.1, 0.15) is 38.5 Å². The highest BCUT2D eigenvalue weighted by Crippen LogP contribution is 2.63. The largest absolute Gasteiger partial charge is 0.507 e. The summed E-state index contributed by atoms with van der Waals surface area (Å²) >= 11 is 3.29. The predicted molar refractivity (Wildman–Crippen MR) is 160 cm³/mol. The number of carbonyl (C=O) groups excluding carboxylic acids is 3. The summed E-state index contributed by atoms with van der Waals surface area (Å²) in [5, 5.41) is 26.5. The van der Waals surface area contributed by atoms with Crippen molar-refractivity contribution in [2.24, 2.45) is 16.9 Å². The maximum atomic E-state index is 14.4. The number of hydrogen-bond donors (Lipinski definition) is 2. The second-order valence-corrected chi connectivity index (χ2v) is 11.6. The normalized spacial score (nSPS) is 23.2. The standard InChI is InChI=1S/C32H21BrN4O6/c33-17-13-14-25(38)20(15-17)29(39)35-34-16-32-21-9-3-1-7-18(21)26(19-8-2-4-10-22(19)32)27-28(32)31(41)36(30(27)40)23-11-5-6-12-24(23)37(42)43/h1-16,26-28,38H,(H,35,39)/b34-16-/t26?,27-,28+,32?/m0/s1. The van der Waals surface area contributed by atoms with E-state index in [2.05, 4.69) is 26.5 Å². The van der Waals surface area contributed by atoms with Crippen LogP contribution in [0.3, 0.4) is 0 Å². The van der Waals surface area contributed by atoms with E-state index in [0.29, 0.717) is 4.47 Å². The fourth-order valence-corrected chi connectivity index (χ4v) is 7.40. The molecular formula is C32H21BrN4O6. The number of benzene rings is 4. The molecule has 10 nitrogen and oxygen atoms in total. The molecule has 0 spiro atoms. The van der Waals surface area contributed by atoms with Crippen molar-refractivity contribution in [2.45, 2.75) is 11.3 Å². The number of nitrogens with one attached hydrogen (secondary N) is 1. The van der Waals surface area contributed by atoms with E-state index >= 15 is 0 Å². The third-order valence-corrected chi connectivity index (χ3v) is 9.13. The van der Waals surface area contributed by atoms with Gasteiger partial charge in [0, 0.05) is 22.7 Å². The number of nitrogens with zero attached hydrogens (tertiary/aromatic N) is 3. The van der Waals surface area contributed by atoms with E-state index in [-0.39, 0.29) is 22.7 Å². The third kappa shape index (κ3) is 3.71. The molecular weight excluding hydrogens is 616 g/mol. The molecule has 4 aliphatic rings. The molecule has 8 rings (SSSR count). The molecule has 11 heteroatoms. The number of carbonyl (C=O) groups is 3. The SMILES string of the molecule is O=C(N/N=C\C12c3ccccc3C(c3ccccc31)[C@@H]1C(=O)N(c3ccccc3[N+](=O)[O-])C(=O)[C@@H]12)c1cc(Br)ccc1O. The van der Waals surface area contributed by atoms with Gasteiger partial charge < -0.3 is 5.11 Å². The minimum atomic E-state index is -1.29. The Labute approximate surface area is 252 Å². The van der Waals surface area contributed by atoms with Crippen LogP contribution in [0, 0.1) is 22.0 Å². The van der Waals surface area contributed by atoms with Crippen molar-refractivity contribution in [2.75, 3.05) is 4.90 Å². The Morgan fingerprint density at radius 2 is 1.58 bits per heavy atom. The maximum Gasteiger partial charge on any atom is 0.293 e. The van der Waals surface area contributed by atoms with E-state index in [1.165, 1.54) is 36.5 Å². The second kappa shape index (κ2) is 9.70. The minimum absolute atomic E-state index is 0.00950. The average molecular weight is 637 g/mol. The molecule has 0 saturated carbocycles. The summed E-state index contributed by atoms with van der Waals surface area (Å²) in [4.78, 5) is 54.0. The van der Waals surface area contributed by atoms with Gasteiger partial charge in [-0.2, -0.15) is 5.10 Å². The van der Waals surface area contributed by atoms with E-state index in [0.717, 1.165) is 27.2 Å². The van der Waals surface area contributed by atoms with Crippen LogP contribution < -0.4 is 10.3 Å². The number of para-hydroxylation sites is 2. The highest BCUT2D eigenvalue weighted by atomic mass is 79.9. The quantitative estimate of drug-likeness (QED) is 0.136. The Kier molecular flexibility index (Phi) is 6.03. The zero-order valence-corrected chi connectivity index (χ0v) is 23.8. The molecule has 4 aromatic carbocycles. The summed E-state index contributed by atoms with van der Waals surface area (Å²) in [6.45, 7) is 0. The molecule has 2 atom stereocenters. The molecule has 1 aliphatic heterocycles. The summed E-state index contributed by atoms with van der Waals surface area (Å²) in [7, 11) is 0. The molecule has 3 amide bonds. The van der Waals surface area contributed by atoms with Crippen molar-refractivity contribution in [3.8, 4) is 5.75 Å². The summed E-state index contributed by atoms with van der Waals surface area (Å²) in [6, 6.07) is 25.1. The molecule has 4 aromatic rings. The number of amides is 3. The molecule has 2 bridgehead atoms. The Morgan fingerprint density at radius 3 is 2.26 bits per heavy atom. The minimum Gasteiger partial charge on any atom is -0.507 e. The van der Waals surface area contributed by atoms with Crippen molar-refractivity contribution in [1.82, 2.24) is 5.43 Å². The Hall–Kier alpha value is -5.16. The first-order valence-corrected chi connectivity index (χ1v) is 14.2. The maximum absolute atomic E-state index is 14.4. The van der Waals surface area contributed by atoms with Crippen LogP contribution in [0.15, 0.2) is 101 Å². The van der Waals surface area contributed by atoms with Gasteiger partial charge >= 0.3 is 0 Å². The molecule has 0 radical (unpaired) electrons. The lowest BCUT2D eigenvalue weighted by atomic mass is 9.47. The van der Waals surface area contributed by atoms with Crippen molar-refractivity contribution in [3.05, 3.63) is 133 Å². The van der Waals surface area contributed by atoms with Crippen molar-refractivity contribution in [1.29, 1.82) is 0 Å². The van der Waals surface area contributed by atoms with Gasteiger partial charge in [0.1, 0.15) is 11.4 Å². The zero-order chi connectivity index (χ0) is 30.0. The lowest BCUT2D eigenvalue weighted by Gasteiger charge is -2.52. The first-order chi connectivity index (χ1) is 20.8. The molecule has 43 heavy (non-hydrogen) atoms. The molecule has 1 saturated heterocycles. The van der Waals surface area contributed by atoms with Gasteiger partial charge in [-0.25, -0.2) is 10.3 Å². The number of phenols is 1. The number of aromatic hydroxyl groups is 1. The molecule has 2 N–H and O–H groups in total. The van der Waals surface area contributed by atoms with E-state index in [4.69, 9.17) is 0 Å². The van der Waals surface area contributed by atoms with Gasteiger partial charge in [0.05, 0.1) is 27.7 Å². The smallest absolute Gasteiger partial charge is 0.293 e. The number of phenolic OH excluding ortho intramolecular Hbond substituents is 1. The van der Waals surface area contributed by atoms with Gasteiger partial charge in [-0.3, -0.25) is 24.5 Å². The zero-order valence-electron chi connectivity index (χ0n) is 22.2. The molecule has 1 heterocycles. The lowest BCUT2D eigenvalue weighted by Crippen LogP contribution is -2.54. The number of nitro groups is 1. The third-order valence-electron chi connectivity index (χ3n) is 8.64. The molecule has 212 valence electrons. The van der Waals surface area contributed by atoms with E-state index in [9.17, 15) is 29.6 Å². The number of halogens is 1. The summed E-state index contributed by atoms with van der Waals surface area (Å²) in [5.74, 6) is -4.35. The van der Waals surface area contributed by atoms with Crippen molar-refractivity contribution < 1.29 is 24.4 Å². The Balaban J connectivity index is 1.41. The highest BCUT2D eigenvalue weighted by Gasteiger charge is 2.68. The molecule has 1 fully saturated rings. The van der Waals surface area contributed by atoms with Gasteiger partial charge in [0.25, 0.3) is 11.6 Å². The van der Waals surface area contributed by atoms with Crippen LogP contribution in [0.25, 0.3) is 0 Å². The Bertz CT molecular complexity index is 1880. The van der Waals surface area contributed by atoms with Crippen LogP contribution in [0.2, 0.25) is 0 Å². The number of imide groups is 1. The highest BCUT2D eigenvalue weighted by molar-refractivity contribution is 9.10. The van der Waals surface area contributed by atoms with Gasteiger partial charge in [-0.1, -0.05) is 76.6 Å². The topological polar surface area (TPSA) is 142 Å². The summed E-state index contributed by atoms with van der Waals surface area (Å²) in [6.07, 6.45) is 1.48. The number of rotatable bonds is 5. The van der Waals surface area contributed by atoms with Crippen molar-refractivity contribution >= 4 is 51.2 Å². The number of anilines is 1.